The molecule has 0 spiro atoms. The Morgan fingerprint density at radius 2 is 2.00 bits per heavy atom. The third kappa shape index (κ3) is 4.79. The minimum atomic E-state index is -0.196. The summed E-state index contributed by atoms with van der Waals surface area (Å²) < 4.78 is 0.742. The highest BCUT2D eigenvalue weighted by Gasteiger charge is 2.22. The topological polar surface area (TPSA) is 61.0 Å². The zero-order valence-corrected chi connectivity index (χ0v) is 18.0. The van der Waals surface area contributed by atoms with Crippen molar-refractivity contribution in [2.45, 2.75) is 64.5 Å². The largest absolute Gasteiger partial charge is 0.320 e. The lowest BCUT2D eigenvalue weighted by Crippen LogP contribution is -2.33. The van der Waals surface area contributed by atoms with E-state index in [-0.39, 0.29) is 11.8 Å². The zero-order chi connectivity index (χ0) is 19.4. The summed E-state index contributed by atoms with van der Waals surface area (Å²) in [5.41, 5.74) is 3.32. The van der Waals surface area contributed by atoms with Gasteiger partial charge in [0.05, 0.1) is 10.2 Å². The number of hydrogen-bond donors (Lipinski definition) is 2. The number of halogens is 1. The van der Waals surface area contributed by atoms with Crippen LogP contribution in [0.25, 0.3) is 0 Å². The maximum atomic E-state index is 12.8. The average Bonchev–Trinajstić information content (AvgIpc) is 3.06. The molecule has 5 nitrogen and oxygen atoms in total. The van der Waals surface area contributed by atoms with Crippen LogP contribution in [0.2, 0.25) is 0 Å². The lowest BCUT2D eigenvalue weighted by Gasteiger charge is -2.31. The van der Waals surface area contributed by atoms with E-state index in [0.29, 0.717) is 11.7 Å². The molecule has 1 saturated carbocycles. The van der Waals surface area contributed by atoms with Crippen LogP contribution in [0.4, 0.5) is 5.69 Å². The number of nitrogens with one attached hydrogen (secondary N) is 2. The Balaban J connectivity index is 1.73. The van der Waals surface area contributed by atoms with Crippen LogP contribution < -0.4 is 5.32 Å². The highest BCUT2D eigenvalue weighted by molar-refractivity contribution is 9.10. The minimum Gasteiger partial charge on any atom is -0.320 e. The number of amides is 1. The van der Waals surface area contributed by atoms with E-state index in [4.69, 9.17) is 0 Å². The molecule has 1 aromatic heterocycles. The van der Waals surface area contributed by atoms with Gasteiger partial charge in [-0.3, -0.25) is 14.8 Å². The molecule has 1 fully saturated rings. The molecule has 0 saturated heterocycles. The Hall–Kier alpha value is -1.66. The minimum absolute atomic E-state index is 0.196. The summed E-state index contributed by atoms with van der Waals surface area (Å²) in [6, 6.07) is 8.68. The van der Waals surface area contributed by atoms with Crippen LogP contribution in [0, 0.1) is 0 Å². The van der Waals surface area contributed by atoms with E-state index in [1.54, 1.807) is 0 Å². The predicted octanol–water partition coefficient (Wildman–Crippen LogP) is 5.31. The molecular weight excluding hydrogens is 404 g/mol. The van der Waals surface area contributed by atoms with Crippen molar-refractivity contribution < 1.29 is 4.79 Å². The molecule has 1 aliphatic rings. The fourth-order valence-corrected chi connectivity index (χ4v) is 4.57. The number of nitrogens with zero attached hydrogens (tertiary/aromatic N) is 2. The molecule has 27 heavy (non-hydrogen) atoms. The van der Waals surface area contributed by atoms with Gasteiger partial charge in [-0.15, -0.1) is 0 Å². The predicted molar refractivity (Wildman–Crippen MR) is 113 cm³/mol. The van der Waals surface area contributed by atoms with Crippen molar-refractivity contribution >= 4 is 27.5 Å². The summed E-state index contributed by atoms with van der Waals surface area (Å²) in [6.45, 7) is 4.97. The van der Waals surface area contributed by atoms with Crippen molar-refractivity contribution in [3.05, 3.63) is 45.7 Å². The number of hydrogen-bond acceptors (Lipinski definition) is 3. The fraction of sp³-hybridized carbons (Fsp3) is 0.524. The van der Waals surface area contributed by atoms with Crippen molar-refractivity contribution in [1.82, 2.24) is 15.1 Å². The molecule has 1 aromatic carbocycles. The van der Waals surface area contributed by atoms with Crippen molar-refractivity contribution in [3.8, 4) is 0 Å². The molecule has 1 heterocycles. The molecule has 0 atom stereocenters. The third-order valence-corrected chi connectivity index (χ3v) is 6.21. The van der Waals surface area contributed by atoms with E-state index >= 15 is 0 Å². The van der Waals surface area contributed by atoms with Gasteiger partial charge in [0.15, 0.2) is 5.69 Å². The Morgan fingerprint density at radius 1 is 1.30 bits per heavy atom. The molecule has 2 N–H and O–H groups in total. The van der Waals surface area contributed by atoms with Crippen LogP contribution in [0.5, 0.6) is 0 Å². The van der Waals surface area contributed by atoms with E-state index in [2.05, 4.69) is 63.3 Å². The Morgan fingerprint density at radius 3 is 2.67 bits per heavy atom. The van der Waals surface area contributed by atoms with Gasteiger partial charge in [0.2, 0.25) is 0 Å². The highest BCUT2D eigenvalue weighted by atomic mass is 79.9. The van der Waals surface area contributed by atoms with Crippen LogP contribution in [0.1, 0.15) is 73.6 Å². The first-order valence-electron chi connectivity index (χ1n) is 9.80. The van der Waals surface area contributed by atoms with Gasteiger partial charge in [-0.05, 0) is 53.4 Å². The smallest absolute Gasteiger partial charge is 0.277 e. The quantitative estimate of drug-likeness (QED) is 0.649. The molecule has 6 heteroatoms. The number of H-pyrrole nitrogens is 1. The van der Waals surface area contributed by atoms with E-state index in [0.717, 1.165) is 28.0 Å². The highest BCUT2D eigenvalue weighted by Crippen LogP contribution is 2.28. The molecule has 146 valence electrons. The Labute approximate surface area is 170 Å². The summed E-state index contributed by atoms with van der Waals surface area (Å²) in [7, 11) is 2.19. The number of para-hydroxylation sites is 1. The number of rotatable bonds is 6. The number of anilines is 1. The van der Waals surface area contributed by atoms with E-state index < -0.39 is 0 Å². The summed E-state index contributed by atoms with van der Waals surface area (Å²) in [6.07, 6.45) is 6.53. The molecule has 3 rings (SSSR count). The lowest BCUT2D eigenvalue weighted by molar-refractivity contribution is 0.102. The number of benzene rings is 1. The molecule has 1 amide bonds. The SMILES string of the molecule is CC(C)c1[nH]nc(C(=O)Nc2ccccc2CN(C)C2CCCCC2)c1Br. The molecule has 0 aliphatic heterocycles. The Kier molecular flexibility index (Phi) is 6.71. The van der Waals surface area contributed by atoms with Crippen molar-refractivity contribution in [3.63, 3.8) is 0 Å². The normalized spacial score (nSPS) is 15.5. The monoisotopic (exact) mass is 432 g/mol. The fourth-order valence-electron chi connectivity index (χ4n) is 3.76. The molecule has 0 bridgehead atoms. The van der Waals surface area contributed by atoms with E-state index in [1.807, 2.05) is 18.2 Å². The molecule has 0 radical (unpaired) electrons. The maximum absolute atomic E-state index is 12.8. The third-order valence-electron chi connectivity index (χ3n) is 5.41. The van der Waals surface area contributed by atoms with Gasteiger partial charge in [0, 0.05) is 18.3 Å². The van der Waals surface area contributed by atoms with Gasteiger partial charge >= 0.3 is 0 Å². The van der Waals surface area contributed by atoms with Gasteiger partial charge in [-0.2, -0.15) is 5.10 Å². The van der Waals surface area contributed by atoms with Gasteiger partial charge < -0.3 is 5.32 Å². The van der Waals surface area contributed by atoms with Gasteiger partial charge in [-0.1, -0.05) is 51.3 Å². The maximum Gasteiger partial charge on any atom is 0.277 e. The first-order valence-corrected chi connectivity index (χ1v) is 10.6. The van der Waals surface area contributed by atoms with E-state index in [1.165, 1.54) is 32.1 Å². The van der Waals surface area contributed by atoms with Crippen LogP contribution in [-0.4, -0.2) is 34.1 Å². The summed E-state index contributed by atoms with van der Waals surface area (Å²) in [4.78, 5) is 15.2. The number of aromatic amines is 1. The number of aromatic nitrogens is 2. The summed E-state index contributed by atoms with van der Waals surface area (Å²) >= 11 is 3.51. The first kappa shape index (κ1) is 20.1. The second-order valence-electron chi connectivity index (χ2n) is 7.77. The Bertz CT molecular complexity index is 780. The van der Waals surface area contributed by atoms with E-state index in [9.17, 15) is 4.79 Å². The summed E-state index contributed by atoms with van der Waals surface area (Å²) in [5, 5.41) is 10.2. The zero-order valence-electron chi connectivity index (χ0n) is 16.4. The summed E-state index contributed by atoms with van der Waals surface area (Å²) in [5.74, 6) is 0.0719. The van der Waals surface area contributed by atoms with Gasteiger partial charge in [0.25, 0.3) is 5.91 Å². The standard InChI is InChI=1S/C21H29BrN4O/c1-14(2)19-18(22)20(25-24-19)21(27)23-17-12-8-7-9-15(17)13-26(3)16-10-5-4-6-11-16/h7-9,12,14,16H,4-6,10-11,13H2,1-3H3,(H,23,27)(H,24,25). The van der Waals surface area contributed by atoms with Crippen LogP contribution in [0.15, 0.2) is 28.7 Å². The first-order chi connectivity index (χ1) is 13.0. The van der Waals surface area contributed by atoms with Gasteiger partial charge in [0.1, 0.15) is 0 Å². The van der Waals surface area contributed by atoms with Crippen molar-refractivity contribution in [2.75, 3.05) is 12.4 Å². The van der Waals surface area contributed by atoms with Crippen LogP contribution >= 0.6 is 15.9 Å². The lowest BCUT2D eigenvalue weighted by atomic mass is 9.94. The molecular formula is C21H29BrN4O. The second kappa shape index (κ2) is 9.02. The second-order valence-corrected chi connectivity index (χ2v) is 8.57. The number of carbonyl (C=O) groups is 1. The number of carbonyl (C=O) groups excluding carboxylic acids is 1. The molecule has 0 unspecified atom stereocenters. The molecule has 2 aromatic rings. The molecule has 1 aliphatic carbocycles. The van der Waals surface area contributed by atoms with Crippen molar-refractivity contribution in [2.24, 2.45) is 0 Å². The average molecular weight is 433 g/mol. The van der Waals surface area contributed by atoms with Gasteiger partial charge in [-0.25, -0.2) is 0 Å². The van der Waals surface area contributed by atoms with Crippen molar-refractivity contribution in [1.29, 1.82) is 0 Å². The van der Waals surface area contributed by atoms with Crippen LogP contribution in [-0.2, 0) is 6.54 Å². The van der Waals surface area contributed by atoms with Crippen LogP contribution in [0.3, 0.4) is 0 Å².